The van der Waals surface area contributed by atoms with Crippen molar-refractivity contribution in [2.75, 3.05) is 17.3 Å². The lowest BCUT2D eigenvalue weighted by atomic mass is 9.83. The van der Waals surface area contributed by atoms with Crippen LogP contribution < -0.4 is 0 Å². The zero-order valence-electron chi connectivity index (χ0n) is 10.9. The maximum Gasteiger partial charge on any atom is 0.307 e. The highest BCUT2D eigenvalue weighted by atomic mass is 32.2. The van der Waals surface area contributed by atoms with E-state index >= 15 is 0 Å². The molecule has 1 aromatic heterocycles. The molecule has 3 rings (SSSR count). The van der Waals surface area contributed by atoms with E-state index in [1.807, 2.05) is 35.7 Å². The van der Waals surface area contributed by atoms with E-state index in [4.69, 9.17) is 4.52 Å². The first-order chi connectivity index (χ1) is 9.75. The Balaban J connectivity index is 1.78. The van der Waals surface area contributed by atoms with E-state index in [1.165, 1.54) is 5.75 Å². The van der Waals surface area contributed by atoms with Gasteiger partial charge in [0, 0.05) is 17.3 Å². The summed E-state index contributed by atoms with van der Waals surface area (Å²) < 4.78 is 5.36. The van der Waals surface area contributed by atoms with Gasteiger partial charge in [-0.05, 0) is 12.8 Å². The van der Waals surface area contributed by atoms with Crippen molar-refractivity contribution in [2.24, 2.45) is 5.92 Å². The van der Waals surface area contributed by atoms with E-state index in [0.717, 1.165) is 17.3 Å². The third-order valence-electron chi connectivity index (χ3n) is 3.63. The number of thioether (sulfide) groups is 2. The first-order valence-electron chi connectivity index (χ1n) is 6.66. The highest BCUT2D eigenvalue weighted by Crippen LogP contribution is 2.38. The molecule has 1 aromatic rings. The van der Waals surface area contributed by atoms with Crippen LogP contribution in [0, 0.1) is 5.92 Å². The molecule has 20 heavy (non-hydrogen) atoms. The topological polar surface area (TPSA) is 76.2 Å². The third-order valence-corrected chi connectivity index (χ3v) is 6.38. The zero-order valence-corrected chi connectivity index (χ0v) is 12.5. The predicted octanol–water partition coefficient (Wildman–Crippen LogP) is 2.73. The molecule has 3 atom stereocenters. The Morgan fingerprint density at radius 3 is 2.95 bits per heavy atom. The molecule has 0 aromatic carbocycles. The Morgan fingerprint density at radius 1 is 1.35 bits per heavy atom. The van der Waals surface area contributed by atoms with Gasteiger partial charge >= 0.3 is 5.97 Å². The fraction of sp³-hybridized carbons (Fsp3) is 0.615. The summed E-state index contributed by atoms with van der Waals surface area (Å²) in [5.41, 5.74) is 0. The summed E-state index contributed by atoms with van der Waals surface area (Å²) in [6.45, 7) is 0. The molecule has 0 spiro atoms. The molecule has 108 valence electrons. The van der Waals surface area contributed by atoms with Crippen LogP contribution >= 0.6 is 23.5 Å². The van der Waals surface area contributed by atoms with Crippen molar-refractivity contribution in [3.8, 4) is 0 Å². The third kappa shape index (κ3) is 2.88. The Hall–Kier alpha value is -0.950. The average Bonchev–Trinajstić information content (AvgIpc) is 2.98. The van der Waals surface area contributed by atoms with Crippen LogP contribution in [0.2, 0.25) is 0 Å². The smallest absolute Gasteiger partial charge is 0.307 e. The lowest BCUT2D eigenvalue weighted by Crippen LogP contribution is -2.23. The Morgan fingerprint density at radius 2 is 2.20 bits per heavy atom. The highest BCUT2D eigenvalue weighted by molar-refractivity contribution is 8.06. The lowest BCUT2D eigenvalue weighted by Gasteiger charge is -2.21. The summed E-state index contributed by atoms with van der Waals surface area (Å²) >= 11 is 3.75. The Labute approximate surface area is 125 Å². The quantitative estimate of drug-likeness (QED) is 0.860. The van der Waals surface area contributed by atoms with Gasteiger partial charge in [0.1, 0.15) is 0 Å². The minimum Gasteiger partial charge on any atom is -0.481 e. The van der Waals surface area contributed by atoms with Crippen molar-refractivity contribution in [1.82, 2.24) is 10.1 Å². The second kappa shape index (κ2) is 6.22. The normalized spacial score (nSPS) is 30.3. The number of rotatable bonds is 3. The van der Waals surface area contributed by atoms with Crippen LogP contribution in [0.4, 0.5) is 0 Å². The van der Waals surface area contributed by atoms with Gasteiger partial charge in [-0.15, -0.1) is 11.8 Å². The fourth-order valence-corrected chi connectivity index (χ4v) is 5.11. The molecular weight excluding hydrogens is 296 g/mol. The molecule has 5 nitrogen and oxygen atoms in total. The molecule has 0 saturated carbocycles. The predicted molar refractivity (Wildman–Crippen MR) is 79.1 cm³/mol. The van der Waals surface area contributed by atoms with Crippen LogP contribution in [0.3, 0.4) is 0 Å². The minimum absolute atomic E-state index is 0.194. The molecule has 0 bridgehead atoms. The molecule has 1 fully saturated rings. The number of carbonyl (C=O) groups is 1. The summed E-state index contributed by atoms with van der Waals surface area (Å²) in [5.74, 6) is 3.02. The largest absolute Gasteiger partial charge is 0.481 e. The van der Waals surface area contributed by atoms with Gasteiger partial charge in [0.2, 0.25) is 5.89 Å². The van der Waals surface area contributed by atoms with E-state index in [1.54, 1.807) is 0 Å². The van der Waals surface area contributed by atoms with Gasteiger partial charge in [-0.1, -0.05) is 17.3 Å². The van der Waals surface area contributed by atoms with E-state index in [9.17, 15) is 9.90 Å². The second-order valence-corrected chi connectivity index (χ2v) is 7.38. The number of hydrogen-bond acceptors (Lipinski definition) is 6. The average molecular weight is 312 g/mol. The molecule has 1 aliphatic carbocycles. The van der Waals surface area contributed by atoms with Crippen molar-refractivity contribution < 1.29 is 14.4 Å². The SMILES string of the molecule is O=C(O)[C@H]1CC=CC[C@H]1c1nc(C2CSCCS2)no1. The number of hydrogen-bond donors (Lipinski definition) is 1. The zero-order chi connectivity index (χ0) is 13.9. The molecule has 0 amide bonds. The van der Waals surface area contributed by atoms with Crippen molar-refractivity contribution in [2.45, 2.75) is 24.0 Å². The van der Waals surface area contributed by atoms with Gasteiger partial charge in [-0.25, -0.2) is 0 Å². The molecule has 0 radical (unpaired) electrons. The molecule has 1 aliphatic heterocycles. The summed E-state index contributed by atoms with van der Waals surface area (Å²) in [7, 11) is 0. The number of carboxylic acids is 1. The van der Waals surface area contributed by atoms with Crippen LogP contribution in [-0.2, 0) is 4.79 Å². The van der Waals surface area contributed by atoms with Gasteiger partial charge in [-0.2, -0.15) is 16.7 Å². The Kier molecular flexibility index (Phi) is 4.35. The van der Waals surface area contributed by atoms with Crippen LogP contribution in [0.25, 0.3) is 0 Å². The van der Waals surface area contributed by atoms with Crippen LogP contribution in [0.1, 0.15) is 35.7 Å². The van der Waals surface area contributed by atoms with Gasteiger partial charge in [0.15, 0.2) is 5.82 Å². The number of aliphatic carboxylic acids is 1. The number of nitrogens with zero attached hydrogens (tertiary/aromatic N) is 2. The molecular formula is C13H16N2O3S2. The molecule has 1 unspecified atom stereocenters. The number of allylic oxidation sites excluding steroid dienone is 2. The molecule has 1 saturated heterocycles. The number of carboxylic acid groups (broad SMARTS) is 1. The molecule has 2 aliphatic rings. The summed E-state index contributed by atoms with van der Waals surface area (Å²) in [5, 5.41) is 13.6. The fourth-order valence-electron chi connectivity index (χ4n) is 2.53. The lowest BCUT2D eigenvalue weighted by molar-refractivity contribution is -0.142. The number of aromatic nitrogens is 2. The highest BCUT2D eigenvalue weighted by Gasteiger charge is 2.34. The van der Waals surface area contributed by atoms with Crippen molar-refractivity contribution in [3.05, 3.63) is 23.9 Å². The van der Waals surface area contributed by atoms with Crippen molar-refractivity contribution in [3.63, 3.8) is 0 Å². The van der Waals surface area contributed by atoms with E-state index in [0.29, 0.717) is 18.7 Å². The van der Waals surface area contributed by atoms with Gasteiger partial charge in [0.25, 0.3) is 0 Å². The first kappa shape index (κ1) is 14.0. The van der Waals surface area contributed by atoms with Crippen LogP contribution in [0.5, 0.6) is 0 Å². The van der Waals surface area contributed by atoms with Crippen LogP contribution in [-0.4, -0.2) is 38.5 Å². The summed E-state index contributed by atoms with van der Waals surface area (Å²) in [6.07, 6.45) is 5.11. The summed E-state index contributed by atoms with van der Waals surface area (Å²) in [6, 6.07) is 0. The maximum absolute atomic E-state index is 11.3. The Bertz CT molecular complexity index is 511. The second-order valence-electron chi connectivity index (χ2n) is 4.92. The minimum atomic E-state index is -0.790. The molecule has 7 heteroatoms. The molecule has 1 N–H and O–H groups in total. The van der Waals surface area contributed by atoms with E-state index in [2.05, 4.69) is 10.1 Å². The van der Waals surface area contributed by atoms with Crippen molar-refractivity contribution in [1.29, 1.82) is 0 Å². The first-order valence-corrected chi connectivity index (χ1v) is 8.86. The van der Waals surface area contributed by atoms with Crippen molar-refractivity contribution >= 4 is 29.5 Å². The van der Waals surface area contributed by atoms with Gasteiger partial charge in [-0.3, -0.25) is 4.79 Å². The summed E-state index contributed by atoms with van der Waals surface area (Å²) in [4.78, 5) is 15.8. The van der Waals surface area contributed by atoms with Gasteiger partial charge in [0.05, 0.1) is 17.1 Å². The van der Waals surface area contributed by atoms with Crippen LogP contribution in [0.15, 0.2) is 16.7 Å². The maximum atomic E-state index is 11.3. The van der Waals surface area contributed by atoms with E-state index < -0.39 is 11.9 Å². The van der Waals surface area contributed by atoms with E-state index in [-0.39, 0.29) is 11.2 Å². The molecule has 2 heterocycles. The standard InChI is InChI=1S/C13H16N2O3S2/c16-13(17)9-4-2-1-3-8(9)12-14-11(15-18-12)10-7-19-5-6-20-10/h1-2,8-10H,3-7H2,(H,16,17)/t8-,9+,10?/m1/s1. The van der Waals surface area contributed by atoms with Gasteiger partial charge < -0.3 is 9.63 Å². The monoisotopic (exact) mass is 312 g/mol.